The summed E-state index contributed by atoms with van der Waals surface area (Å²) in [6.45, 7) is 2.92. The molecule has 0 saturated heterocycles. The molecule has 4 nitrogen and oxygen atoms in total. The number of nitrogens with one attached hydrogen (secondary N) is 1. The quantitative estimate of drug-likeness (QED) is 0.754. The van der Waals surface area contributed by atoms with Crippen molar-refractivity contribution in [1.82, 2.24) is 9.55 Å². The molecule has 130 valence electrons. The fourth-order valence-electron chi connectivity index (χ4n) is 3.62. The van der Waals surface area contributed by atoms with Crippen molar-refractivity contribution < 1.29 is 5.11 Å². The minimum Gasteiger partial charge on any atom is -0.393 e. The predicted molar refractivity (Wildman–Crippen MR) is 102 cm³/mol. The lowest BCUT2D eigenvalue weighted by Gasteiger charge is -2.26. The van der Waals surface area contributed by atoms with Crippen LogP contribution in [0.2, 0.25) is 0 Å². The molecule has 3 aromatic rings. The van der Waals surface area contributed by atoms with Gasteiger partial charge in [-0.1, -0.05) is 42.0 Å². The molecule has 4 rings (SSSR count). The van der Waals surface area contributed by atoms with E-state index in [1.165, 1.54) is 11.1 Å². The van der Waals surface area contributed by atoms with Gasteiger partial charge in [-0.05, 0) is 50.3 Å². The topological polar surface area (TPSA) is 50.1 Å². The Morgan fingerprint density at radius 2 is 1.76 bits per heavy atom. The van der Waals surface area contributed by atoms with Crippen molar-refractivity contribution in [2.75, 3.05) is 5.32 Å². The van der Waals surface area contributed by atoms with Crippen LogP contribution in [0.1, 0.15) is 36.8 Å². The summed E-state index contributed by atoms with van der Waals surface area (Å²) in [4.78, 5) is 4.83. The highest BCUT2D eigenvalue weighted by molar-refractivity contribution is 5.78. The minimum absolute atomic E-state index is 0.135. The van der Waals surface area contributed by atoms with Gasteiger partial charge in [-0.15, -0.1) is 0 Å². The van der Waals surface area contributed by atoms with Crippen molar-refractivity contribution in [3.63, 3.8) is 0 Å². The van der Waals surface area contributed by atoms with Crippen molar-refractivity contribution in [2.24, 2.45) is 0 Å². The number of benzene rings is 2. The number of anilines is 1. The molecule has 0 radical (unpaired) electrons. The van der Waals surface area contributed by atoms with Gasteiger partial charge in [-0.2, -0.15) is 0 Å². The summed E-state index contributed by atoms with van der Waals surface area (Å²) in [6, 6.07) is 17.4. The van der Waals surface area contributed by atoms with Gasteiger partial charge < -0.3 is 15.0 Å². The molecular formula is C21H25N3O. The Kier molecular flexibility index (Phi) is 4.45. The van der Waals surface area contributed by atoms with E-state index in [0.717, 1.165) is 49.2 Å². The van der Waals surface area contributed by atoms with Crippen molar-refractivity contribution in [1.29, 1.82) is 0 Å². The summed E-state index contributed by atoms with van der Waals surface area (Å²) in [6.07, 6.45) is 3.60. The molecule has 1 heterocycles. The first-order chi connectivity index (χ1) is 12.2. The number of aliphatic hydroxyl groups excluding tert-OH is 1. The number of aryl methyl sites for hydroxylation is 1. The van der Waals surface area contributed by atoms with Crippen molar-refractivity contribution >= 4 is 17.0 Å². The second kappa shape index (κ2) is 6.89. The van der Waals surface area contributed by atoms with E-state index in [1.54, 1.807) is 0 Å². The third kappa shape index (κ3) is 3.54. The molecule has 2 aromatic carbocycles. The average molecular weight is 335 g/mol. The van der Waals surface area contributed by atoms with Crippen LogP contribution in [0.3, 0.4) is 0 Å². The molecule has 0 aliphatic heterocycles. The highest BCUT2D eigenvalue weighted by atomic mass is 16.3. The Bertz CT molecular complexity index is 845. The van der Waals surface area contributed by atoms with E-state index in [-0.39, 0.29) is 6.10 Å². The third-order valence-corrected chi connectivity index (χ3v) is 5.15. The van der Waals surface area contributed by atoms with Gasteiger partial charge in [0.1, 0.15) is 0 Å². The molecular weight excluding hydrogens is 310 g/mol. The summed E-state index contributed by atoms with van der Waals surface area (Å²) in [7, 11) is 0. The molecule has 0 spiro atoms. The number of aliphatic hydroxyl groups is 1. The number of hydrogen-bond donors (Lipinski definition) is 2. The Hall–Kier alpha value is -2.33. The number of hydrogen-bond acceptors (Lipinski definition) is 3. The summed E-state index contributed by atoms with van der Waals surface area (Å²) >= 11 is 0. The lowest BCUT2D eigenvalue weighted by atomic mass is 9.93. The minimum atomic E-state index is -0.135. The normalized spacial score (nSPS) is 20.7. The van der Waals surface area contributed by atoms with Crippen LogP contribution in [0.4, 0.5) is 5.95 Å². The average Bonchev–Trinajstić information content (AvgIpc) is 2.96. The van der Waals surface area contributed by atoms with Crippen molar-refractivity contribution in [2.45, 2.75) is 51.3 Å². The number of aromatic nitrogens is 2. The Balaban J connectivity index is 1.64. The van der Waals surface area contributed by atoms with E-state index in [2.05, 4.69) is 59.3 Å². The Labute approximate surface area is 148 Å². The van der Waals surface area contributed by atoms with Gasteiger partial charge in [0.05, 0.1) is 23.7 Å². The Morgan fingerprint density at radius 1 is 1.04 bits per heavy atom. The van der Waals surface area contributed by atoms with Crippen LogP contribution in [0, 0.1) is 6.92 Å². The molecule has 1 saturated carbocycles. The van der Waals surface area contributed by atoms with E-state index in [1.807, 2.05) is 6.07 Å². The molecule has 1 aliphatic carbocycles. The predicted octanol–water partition coefficient (Wildman–Crippen LogP) is 4.11. The van der Waals surface area contributed by atoms with Gasteiger partial charge in [0, 0.05) is 6.04 Å². The maximum atomic E-state index is 9.73. The fourth-order valence-corrected chi connectivity index (χ4v) is 3.62. The smallest absolute Gasteiger partial charge is 0.204 e. The monoisotopic (exact) mass is 335 g/mol. The van der Waals surface area contributed by atoms with Gasteiger partial charge in [0.15, 0.2) is 0 Å². The van der Waals surface area contributed by atoms with Gasteiger partial charge in [-0.3, -0.25) is 0 Å². The molecule has 25 heavy (non-hydrogen) atoms. The van der Waals surface area contributed by atoms with Crippen LogP contribution in [-0.2, 0) is 6.54 Å². The first-order valence-electron chi connectivity index (χ1n) is 9.14. The number of para-hydroxylation sites is 2. The van der Waals surface area contributed by atoms with E-state index in [4.69, 9.17) is 4.98 Å². The number of imidazole rings is 1. The molecule has 0 bridgehead atoms. The van der Waals surface area contributed by atoms with Crippen molar-refractivity contribution in [3.8, 4) is 0 Å². The summed E-state index contributed by atoms with van der Waals surface area (Å²) in [5.74, 6) is 0.933. The number of rotatable bonds is 4. The highest BCUT2D eigenvalue weighted by Crippen LogP contribution is 2.26. The van der Waals surface area contributed by atoms with E-state index in [0.29, 0.717) is 6.04 Å². The lowest BCUT2D eigenvalue weighted by Crippen LogP contribution is -2.29. The molecule has 0 amide bonds. The van der Waals surface area contributed by atoms with Crippen LogP contribution in [0.5, 0.6) is 0 Å². The summed E-state index contributed by atoms with van der Waals surface area (Å²) in [5.41, 5.74) is 4.73. The Morgan fingerprint density at radius 3 is 2.52 bits per heavy atom. The molecule has 4 heteroatoms. The third-order valence-electron chi connectivity index (χ3n) is 5.15. The largest absolute Gasteiger partial charge is 0.393 e. The van der Waals surface area contributed by atoms with Gasteiger partial charge in [0.25, 0.3) is 0 Å². The van der Waals surface area contributed by atoms with Crippen LogP contribution in [-0.4, -0.2) is 26.8 Å². The van der Waals surface area contributed by atoms with Gasteiger partial charge >= 0.3 is 0 Å². The van der Waals surface area contributed by atoms with Crippen LogP contribution in [0.25, 0.3) is 11.0 Å². The molecule has 0 unspecified atom stereocenters. The van der Waals surface area contributed by atoms with Crippen LogP contribution < -0.4 is 5.32 Å². The second-order valence-corrected chi connectivity index (χ2v) is 7.15. The zero-order valence-corrected chi connectivity index (χ0v) is 14.7. The zero-order chi connectivity index (χ0) is 17.2. The van der Waals surface area contributed by atoms with E-state index in [9.17, 15) is 5.11 Å². The SMILES string of the molecule is Cc1ccc(Cn2c(NC3CCC(O)CC3)nc3ccccc32)cc1. The van der Waals surface area contributed by atoms with Gasteiger partial charge in [-0.25, -0.2) is 4.98 Å². The summed E-state index contributed by atoms with van der Waals surface area (Å²) in [5, 5.41) is 13.4. The first kappa shape index (κ1) is 16.2. The summed E-state index contributed by atoms with van der Waals surface area (Å²) < 4.78 is 2.27. The van der Waals surface area contributed by atoms with Crippen molar-refractivity contribution in [3.05, 3.63) is 59.7 Å². The zero-order valence-electron chi connectivity index (χ0n) is 14.7. The van der Waals surface area contributed by atoms with E-state index < -0.39 is 0 Å². The first-order valence-corrected chi connectivity index (χ1v) is 9.14. The molecule has 1 aliphatic rings. The second-order valence-electron chi connectivity index (χ2n) is 7.15. The molecule has 0 atom stereocenters. The molecule has 1 aromatic heterocycles. The lowest BCUT2D eigenvalue weighted by molar-refractivity contribution is 0.126. The maximum Gasteiger partial charge on any atom is 0.204 e. The molecule has 2 N–H and O–H groups in total. The standard InChI is InChI=1S/C21H25N3O/c1-15-6-8-16(9-7-15)14-24-20-5-3-2-4-19(20)23-21(24)22-17-10-12-18(25)13-11-17/h2-9,17-18,25H,10-14H2,1H3,(H,22,23). The number of nitrogens with zero attached hydrogens (tertiary/aromatic N) is 2. The number of fused-ring (bicyclic) bond motifs is 1. The molecule has 1 fully saturated rings. The fraction of sp³-hybridized carbons (Fsp3) is 0.381. The van der Waals surface area contributed by atoms with E-state index >= 15 is 0 Å². The van der Waals surface area contributed by atoms with Gasteiger partial charge in [0.2, 0.25) is 5.95 Å². The van der Waals surface area contributed by atoms with Crippen LogP contribution in [0.15, 0.2) is 48.5 Å². The highest BCUT2D eigenvalue weighted by Gasteiger charge is 2.21. The van der Waals surface area contributed by atoms with Crippen LogP contribution >= 0.6 is 0 Å². The maximum absolute atomic E-state index is 9.73.